The molecule has 0 saturated carbocycles. The Morgan fingerprint density at radius 1 is 1.07 bits per heavy atom. The molecule has 12 heteroatoms. The minimum Gasteiger partial charge on any atom is -0.344 e. The summed E-state index contributed by atoms with van der Waals surface area (Å²) in [6.45, 7) is 14.4. The molecule has 0 unspecified atom stereocenters. The number of ketones is 1. The lowest BCUT2D eigenvalue weighted by Crippen LogP contribution is -2.47. The molecule has 0 aromatic carbocycles. The second kappa shape index (κ2) is 13.2. The molecule has 0 saturated heterocycles. The van der Waals surface area contributed by atoms with Gasteiger partial charge in [-0.15, -0.1) is 0 Å². The van der Waals surface area contributed by atoms with Crippen LogP contribution in [0.3, 0.4) is 0 Å². The third kappa shape index (κ3) is 7.33. The molecule has 1 N–H and O–H groups in total. The number of nitrogens with zero attached hydrogens (tertiary/aromatic N) is 7. The molecule has 2 aromatic rings. The second-order valence-electron chi connectivity index (χ2n) is 11.2. The van der Waals surface area contributed by atoms with E-state index >= 15 is 0 Å². The molecule has 40 heavy (non-hydrogen) atoms. The van der Waals surface area contributed by atoms with E-state index in [1.807, 2.05) is 13.8 Å². The van der Waals surface area contributed by atoms with Crippen molar-refractivity contribution in [1.82, 2.24) is 39.7 Å². The van der Waals surface area contributed by atoms with Gasteiger partial charge in [-0.3, -0.25) is 23.9 Å². The Balaban J connectivity index is 1.86. The summed E-state index contributed by atoms with van der Waals surface area (Å²) in [5.74, 6) is 1.02. The average Bonchev–Trinajstić information content (AvgIpc) is 3.39. The fraction of sp³-hybridized carbons (Fsp3) is 0.679. The van der Waals surface area contributed by atoms with E-state index in [0.717, 1.165) is 5.69 Å². The van der Waals surface area contributed by atoms with Crippen LogP contribution in [-0.4, -0.2) is 84.0 Å². The van der Waals surface area contributed by atoms with Gasteiger partial charge >= 0.3 is 0 Å². The summed E-state index contributed by atoms with van der Waals surface area (Å²) in [5, 5.41) is 12.1. The molecule has 0 spiro atoms. The zero-order valence-electron chi connectivity index (χ0n) is 25.2. The van der Waals surface area contributed by atoms with E-state index in [4.69, 9.17) is 0 Å². The Morgan fingerprint density at radius 2 is 1.77 bits per heavy atom. The Hall–Kier alpha value is -3.57. The van der Waals surface area contributed by atoms with Gasteiger partial charge in [0, 0.05) is 45.2 Å². The molecule has 3 amide bonds. The summed E-state index contributed by atoms with van der Waals surface area (Å²) in [7, 11) is 1.63. The molecule has 0 fully saturated rings. The largest absolute Gasteiger partial charge is 0.344 e. The van der Waals surface area contributed by atoms with Crippen LogP contribution in [0.5, 0.6) is 0 Å². The number of aromatic nitrogens is 5. The van der Waals surface area contributed by atoms with Gasteiger partial charge in [0.15, 0.2) is 5.78 Å². The topological polar surface area (TPSA) is 135 Å². The maximum atomic E-state index is 13.4. The number of fused-ring (bicyclic) bond motifs is 1. The number of carbonyl (C=O) groups excluding carboxylic acids is 4. The Bertz CT molecular complexity index is 1250. The first kappa shape index (κ1) is 31.0. The van der Waals surface area contributed by atoms with Gasteiger partial charge in [-0.25, -0.2) is 9.67 Å². The summed E-state index contributed by atoms with van der Waals surface area (Å²) in [5.41, 5.74) is 2.01. The minimum absolute atomic E-state index is 0.0443. The van der Waals surface area contributed by atoms with Crippen molar-refractivity contribution in [2.24, 2.45) is 5.92 Å². The number of rotatable bonds is 6. The fourth-order valence-electron chi connectivity index (χ4n) is 5.24. The third-order valence-electron chi connectivity index (χ3n) is 7.52. The van der Waals surface area contributed by atoms with Crippen LogP contribution in [0.15, 0.2) is 0 Å². The van der Waals surface area contributed by atoms with E-state index in [1.54, 1.807) is 35.2 Å². The number of hydrogen-bond acceptors (Lipinski definition) is 7. The number of Topliss-reactive ketones (excluding diaryl/α,β-unsaturated/α-hetero) is 1. The number of hydrogen-bond donors (Lipinski definition) is 1. The zero-order valence-corrected chi connectivity index (χ0v) is 25.2. The van der Waals surface area contributed by atoms with Crippen molar-refractivity contribution in [2.45, 2.75) is 99.3 Å². The predicted octanol–water partition coefficient (Wildman–Crippen LogP) is 2.37. The van der Waals surface area contributed by atoms with Crippen molar-refractivity contribution in [3.63, 3.8) is 0 Å². The van der Waals surface area contributed by atoms with Crippen molar-refractivity contribution in [3.05, 3.63) is 28.6 Å². The van der Waals surface area contributed by atoms with E-state index in [2.05, 4.69) is 34.3 Å². The molecule has 1 aliphatic rings. The third-order valence-corrected chi connectivity index (χ3v) is 7.52. The Kier molecular flexibility index (Phi) is 10.2. The van der Waals surface area contributed by atoms with E-state index < -0.39 is 6.04 Å². The summed E-state index contributed by atoms with van der Waals surface area (Å²) < 4.78 is 3.50. The molecular formula is C28H44N8O4. The van der Waals surface area contributed by atoms with Crippen molar-refractivity contribution < 1.29 is 19.2 Å². The highest BCUT2D eigenvalue weighted by Gasteiger charge is 2.29. The number of likely N-dealkylation sites (N-methyl/N-ethyl adjacent to an activating group) is 1. The van der Waals surface area contributed by atoms with Gasteiger partial charge in [-0.1, -0.05) is 13.8 Å². The predicted molar refractivity (Wildman–Crippen MR) is 149 cm³/mol. The average molecular weight is 557 g/mol. The Morgan fingerprint density at radius 3 is 2.40 bits per heavy atom. The van der Waals surface area contributed by atoms with Crippen LogP contribution < -0.4 is 5.32 Å². The standard InChI is InChI=1S/C28H44N8O4/c1-17(2)16-23-27-29-22(7)32-36(27)15-14-34(12-9-10-24(38)33(8)20(5)28(40)30-23)25(39)11-13-35-19(4)26(21(6)37)18(3)31-35/h17,20,23H,9-16H2,1-8H3,(H,30,40)/t20-,23+/m0/s1. The van der Waals surface area contributed by atoms with Gasteiger partial charge in [0.05, 0.1) is 23.8 Å². The van der Waals surface area contributed by atoms with Gasteiger partial charge in [0.1, 0.15) is 17.7 Å². The highest BCUT2D eigenvalue weighted by atomic mass is 16.2. The quantitative estimate of drug-likeness (QED) is 0.540. The van der Waals surface area contributed by atoms with Crippen molar-refractivity contribution in [2.75, 3.05) is 20.1 Å². The molecule has 12 nitrogen and oxygen atoms in total. The lowest BCUT2D eigenvalue weighted by Gasteiger charge is -2.29. The molecular weight excluding hydrogens is 512 g/mol. The molecule has 1 aliphatic heterocycles. The van der Waals surface area contributed by atoms with Crippen LogP contribution in [0, 0.1) is 26.7 Å². The molecule has 220 valence electrons. The number of carbonyl (C=O) groups is 4. The van der Waals surface area contributed by atoms with Gasteiger partial charge in [0.25, 0.3) is 0 Å². The molecule has 3 rings (SSSR count). The van der Waals surface area contributed by atoms with Crippen LogP contribution >= 0.6 is 0 Å². The summed E-state index contributed by atoms with van der Waals surface area (Å²) >= 11 is 0. The van der Waals surface area contributed by atoms with Gasteiger partial charge in [-0.2, -0.15) is 10.2 Å². The number of amides is 3. The van der Waals surface area contributed by atoms with Gasteiger partial charge in [-0.05, 0) is 53.4 Å². The van der Waals surface area contributed by atoms with Crippen LogP contribution in [0.1, 0.15) is 92.8 Å². The SMILES string of the molecule is CC(=O)c1c(C)nn(CCC(=O)N2CCCC(=O)N(C)[C@@H](C)C(=O)N[C@H](CC(C)C)c3nc(C)nn3CC2)c1C. The molecule has 2 aromatic heterocycles. The van der Waals surface area contributed by atoms with Gasteiger partial charge < -0.3 is 15.1 Å². The number of aryl methyl sites for hydroxylation is 3. The smallest absolute Gasteiger partial charge is 0.243 e. The first-order valence-corrected chi connectivity index (χ1v) is 14.1. The highest BCUT2D eigenvalue weighted by Crippen LogP contribution is 2.22. The van der Waals surface area contributed by atoms with E-state index in [-0.39, 0.29) is 48.3 Å². The molecule has 0 aliphatic carbocycles. The van der Waals surface area contributed by atoms with Crippen molar-refractivity contribution >= 4 is 23.5 Å². The van der Waals surface area contributed by atoms with E-state index in [9.17, 15) is 19.2 Å². The zero-order chi connectivity index (χ0) is 29.7. The Labute approximate surface area is 236 Å². The molecule has 3 heterocycles. The van der Waals surface area contributed by atoms with Crippen LogP contribution in [-0.2, 0) is 27.5 Å². The summed E-state index contributed by atoms with van der Waals surface area (Å²) in [6.07, 6.45) is 1.55. The summed E-state index contributed by atoms with van der Waals surface area (Å²) in [4.78, 5) is 59.3. The van der Waals surface area contributed by atoms with Crippen molar-refractivity contribution in [1.29, 1.82) is 0 Å². The monoisotopic (exact) mass is 556 g/mol. The van der Waals surface area contributed by atoms with Crippen LogP contribution in [0.2, 0.25) is 0 Å². The summed E-state index contributed by atoms with van der Waals surface area (Å²) in [6, 6.07) is -1.03. The molecule has 0 radical (unpaired) electrons. The first-order valence-electron chi connectivity index (χ1n) is 14.1. The number of nitrogens with one attached hydrogen (secondary N) is 1. The molecule has 2 atom stereocenters. The van der Waals surface area contributed by atoms with E-state index in [1.165, 1.54) is 11.8 Å². The lowest BCUT2D eigenvalue weighted by atomic mass is 10.0. The maximum absolute atomic E-state index is 13.4. The van der Waals surface area contributed by atoms with Crippen molar-refractivity contribution in [3.8, 4) is 0 Å². The first-order chi connectivity index (χ1) is 18.8. The minimum atomic E-state index is -0.652. The molecule has 0 bridgehead atoms. The normalized spacial score (nSPS) is 19.4. The highest BCUT2D eigenvalue weighted by molar-refractivity contribution is 5.96. The maximum Gasteiger partial charge on any atom is 0.243 e. The van der Waals surface area contributed by atoms with Crippen LogP contribution in [0.25, 0.3) is 0 Å². The van der Waals surface area contributed by atoms with Crippen LogP contribution in [0.4, 0.5) is 0 Å². The van der Waals surface area contributed by atoms with Gasteiger partial charge in [0.2, 0.25) is 17.7 Å². The second-order valence-corrected chi connectivity index (χ2v) is 11.2. The lowest BCUT2D eigenvalue weighted by molar-refractivity contribution is -0.139. The van der Waals surface area contributed by atoms with E-state index in [0.29, 0.717) is 61.9 Å². The fourth-order valence-corrected chi connectivity index (χ4v) is 5.24.